The predicted octanol–water partition coefficient (Wildman–Crippen LogP) is 1.90. The van der Waals surface area contributed by atoms with E-state index in [9.17, 15) is 9.90 Å². The van der Waals surface area contributed by atoms with Gasteiger partial charge >= 0.3 is 5.97 Å². The second-order valence-electron chi connectivity index (χ2n) is 7.85. The normalized spacial score (nSPS) is 41.4. The van der Waals surface area contributed by atoms with Crippen molar-refractivity contribution in [2.45, 2.75) is 51.7 Å². The van der Waals surface area contributed by atoms with Crippen LogP contribution in [0.2, 0.25) is 0 Å². The second kappa shape index (κ2) is 7.14. The molecule has 0 unspecified atom stereocenters. The highest BCUT2D eigenvalue weighted by molar-refractivity contribution is 5.76. The van der Waals surface area contributed by atoms with Crippen molar-refractivity contribution < 1.29 is 19.4 Å². The Hall–Kier alpha value is -0.910. The maximum atomic E-state index is 12.4. The van der Waals surface area contributed by atoms with E-state index in [1.165, 1.54) is 5.57 Å². The molecule has 0 aromatic carbocycles. The average molecular weight is 337 g/mol. The number of hydrogen-bond acceptors (Lipinski definition) is 5. The summed E-state index contributed by atoms with van der Waals surface area (Å²) >= 11 is 0. The fourth-order valence-electron chi connectivity index (χ4n) is 4.90. The van der Waals surface area contributed by atoms with E-state index in [4.69, 9.17) is 9.47 Å². The number of aliphatic hydroxyl groups is 1. The van der Waals surface area contributed by atoms with Gasteiger partial charge in [-0.1, -0.05) is 25.5 Å². The Kier molecular flexibility index (Phi) is 5.33. The first-order valence-corrected chi connectivity index (χ1v) is 9.27. The molecule has 0 radical (unpaired) electrons. The van der Waals surface area contributed by atoms with Crippen molar-refractivity contribution in [3.8, 4) is 0 Å². The number of hydrogen-bond donors (Lipinski definition) is 2. The monoisotopic (exact) mass is 337 g/mol. The summed E-state index contributed by atoms with van der Waals surface area (Å²) in [5, 5.41) is 14.5. The van der Waals surface area contributed by atoms with Gasteiger partial charge in [-0.2, -0.15) is 0 Å². The van der Waals surface area contributed by atoms with Crippen LogP contribution in [0.1, 0.15) is 39.5 Å². The quantitative estimate of drug-likeness (QED) is 0.440. The number of aliphatic hydroxyl groups excluding tert-OH is 1. The smallest absolute Gasteiger partial charge is 0.311 e. The van der Waals surface area contributed by atoms with Gasteiger partial charge in [0.25, 0.3) is 0 Å². The number of rotatable bonds is 6. The van der Waals surface area contributed by atoms with Crippen molar-refractivity contribution in [3.63, 3.8) is 0 Å². The van der Waals surface area contributed by atoms with Gasteiger partial charge in [-0.25, -0.2) is 0 Å². The Balaban J connectivity index is 1.72. The fourth-order valence-corrected chi connectivity index (χ4v) is 4.90. The van der Waals surface area contributed by atoms with Gasteiger partial charge in [0.05, 0.1) is 12.0 Å². The molecular formula is C19H31NO4. The van der Waals surface area contributed by atoms with Gasteiger partial charge in [0.2, 0.25) is 0 Å². The number of carbonyl (C=O) groups is 1. The van der Waals surface area contributed by atoms with Crippen molar-refractivity contribution in [2.24, 2.45) is 23.2 Å². The molecule has 2 fully saturated rings. The Morgan fingerprint density at radius 1 is 1.50 bits per heavy atom. The van der Waals surface area contributed by atoms with Crippen LogP contribution in [0, 0.1) is 23.2 Å². The van der Waals surface area contributed by atoms with Gasteiger partial charge in [0.15, 0.2) is 0 Å². The van der Waals surface area contributed by atoms with Crippen LogP contribution in [0.3, 0.4) is 0 Å². The van der Waals surface area contributed by atoms with E-state index in [1.807, 2.05) is 0 Å². The summed E-state index contributed by atoms with van der Waals surface area (Å²) in [7, 11) is 1.69. The first-order valence-electron chi connectivity index (χ1n) is 9.27. The number of ether oxygens (including phenoxy) is 2. The molecule has 3 aliphatic rings. The van der Waals surface area contributed by atoms with E-state index < -0.39 is 6.10 Å². The van der Waals surface area contributed by atoms with Crippen LogP contribution in [0.5, 0.6) is 0 Å². The standard InChI is InChI=1S/C19H31NO4/c1-12-6-4-7-13-10-15-16(17(21)19(12,13)2)14(18(22)24-15)11-20-8-5-9-23-3/h7,12,14-17,20-21H,4-6,8-11H2,1-3H3/t12-,14-,15+,16+,17+,19+/m0/s1. The van der Waals surface area contributed by atoms with Crippen LogP contribution in [0.15, 0.2) is 11.6 Å². The van der Waals surface area contributed by atoms with Crippen LogP contribution in [-0.4, -0.2) is 50.1 Å². The van der Waals surface area contributed by atoms with Gasteiger partial charge in [0.1, 0.15) is 6.10 Å². The second-order valence-corrected chi connectivity index (χ2v) is 7.85. The molecule has 0 aromatic rings. The van der Waals surface area contributed by atoms with Gasteiger partial charge in [-0.3, -0.25) is 4.79 Å². The molecule has 5 heteroatoms. The first-order chi connectivity index (χ1) is 11.5. The third kappa shape index (κ3) is 2.91. The third-order valence-corrected chi connectivity index (χ3v) is 6.64. The minimum atomic E-state index is -0.518. The van der Waals surface area contributed by atoms with Gasteiger partial charge in [0, 0.05) is 38.0 Å². The van der Waals surface area contributed by atoms with Crippen LogP contribution in [0.4, 0.5) is 0 Å². The van der Waals surface area contributed by atoms with Crippen molar-refractivity contribution in [3.05, 3.63) is 11.6 Å². The average Bonchev–Trinajstić information content (AvgIpc) is 2.86. The minimum Gasteiger partial charge on any atom is -0.461 e. The molecule has 2 N–H and O–H groups in total. The molecule has 0 spiro atoms. The lowest BCUT2D eigenvalue weighted by Crippen LogP contribution is -2.54. The number of methoxy groups -OCH3 is 1. The number of allylic oxidation sites excluding steroid dienone is 1. The third-order valence-electron chi connectivity index (χ3n) is 6.64. The SMILES string of the molecule is COCCCNC[C@@H]1C(=O)O[C@@H]2CC3=CCC[C@H](C)[C@@]3(C)[C@H](O)[C@H]12. The summed E-state index contributed by atoms with van der Waals surface area (Å²) in [6.07, 6.45) is 5.45. The Morgan fingerprint density at radius 2 is 2.29 bits per heavy atom. The summed E-state index contributed by atoms with van der Waals surface area (Å²) in [5.41, 5.74) is 1.07. The van der Waals surface area contributed by atoms with Crippen LogP contribution >= 0.6 is 0 Å². The molecule has 24 heavy (non-hydrogen) atoms. The molecule has 3 rings (SSSR count). The van der Waals surface area contributed by atoms with Gasteiger partial charge < -0.3 is 19.9 Å². The summed E-state index contributed by atoms with van der Waals surface area (Å²) < 4.78 is 10.7. The largest absolute Gasteiger partial charge is 0.461 e. The van der Waals surface area contributed by atoms with Crippen molar-refractivity contribution in [1.82, 2.24) is 5.32 Å². The van der Waals surface area contributed by atoms with E-state index >= 15 is 0 Å². The summed E-state index contributed by atoms with van der Waals surface area (Å²) in [6, 6.07) is 0. The first kappa shape index (κ1) is 17.9. The molecule has 0 amide bonds. The van der Waals surface area contributed by atoms with E-state index in [1.54, 1.807) is 7.11 Å². The molecule has 1 saturated heterocycles. The zero-order valence-corrected chi connectivity index (χ0v) is 15.1. The molecule has 0 bridgehead atoms. The van der Waals surface area contributed by atoms with Crippen LogP contribution in [0.25, 0.3) is 0 Å². The zero-order valence-electron chi connectivity index (χ0n) is 15.1. The van der Waals surface area contributed by atoms with Gasteiger partial charge in [-0.05, 0) is 31.7 Å². The summed E-state index contributed by atoms with van der Waals surface area (Å²) in [5.74, 6) is -0.0755. The summed E-state index contributed by atoms with van der Waals surface area (Å²) in [6.45, 7) is 6.50. The highest BCUT2D eigenvalue weighted by Crippen LogP contribution is 2.55. The lowest BCUT2D eigenvalue weighted by atomic mass is 9.55. The van der Waals surface area contributed by atoms with Gasteiger partial charge in [-0.15, -0.1) is 0 Å². The van der Waals surface area contributed by atoms with E-state index in [-0.39, 0.29) is 29.3 Å². The molecule has 1 saturated carbocycles. The molecule has 136 valence electrons. The predicted molar refractivity (Wildman–Crippen MR) is 91.4 cm³/mol. The van der Waals surface area contributed by atoms with E-state index in [0.717, 1.165) is 32.2 Å². The highest BCUT2D eigenvalue weighted by atomic mass is 16.6. The van der Waals surface area contributed by atoms with E-state index in [0.29, 0.717) is 19.1 Å². The number of nitrogens with one attached hydrogen (secondary N) is 1. The lowest BCUT2D eigenvalue weighted by molar-refractivity contribution is -0.144. The van der Waals surface area contributed by atoms with Crippen molar-refractivity contribution in [1.29, 1.82) is 0 Å². The maximum absolute atomic E-state index is 12.4. The van der Waals surface area contributed by atoms with Crippen molar-refractivity contribution in [2.75, 3.05) is 26.8 Å². The molecule has 1 heterocycles. The fraction of sp³-hybridized carbons (Fsp3) is 0.842. The molecule has 6 atom stereocenters. The van der Waals surface area contributed by atoms with Crippen LogP contribution in [-0.2, 0) is 14.3 Å². The minimum absolute atomic E-state index is 0.102. The Bertz CT molecular complexity index is 506. The molecule has 5 nitrogen and oxygen atoms in total. The molecule has 2 aliphatic carbocycles. The molecule has 1 aliphatic heterocycles. The van der Waals surface area contributed by atoms with E-state index in [2.05, 4.69) is 25.2 Å². The number of carbonyl (C=O) groups excluding carboxylic acids is 1. The van der Waals surface area contributed by atoms with Crippen molar-refractivity contribution >= 4 is 5.97 Å². The lowest BCUT2D eigenvalue weighted by Gasteiger charge is -2.51. The molecule has 0 aromatic heterocycles. The molecular weight excluding hydrogens is 306 g/mol. The van der Waals surface area contributed by atoms with Crippen LogP contribution < -0.4 is 5.32 Å². The Morgan fingerprint density at radius 3 is 3.04 bits per heavy atom. The zero-order chi connectivity index (χ0) is 17.3. The highest BCUT2D eigenvalue weighted by Gasteiger charge is 2.59. The number of esters is 1. The Labute approximate surface area is 144 Å². The maximum Gasteiger partial charge on any atom is 0.311 e. The number of fused-ring (bicyclic) bond motifs is 2. The topological polar surface area (TPSA) is 67.8 Å². The summed E-state index contributed by atoms with van der Waals surface area (Å²) in [4.78, 5) is 12.4.